The molecular weight excluding hydrogens is 160 g/mol. The summed E-state index contributed by atoms with van der Waals surface area (Å²) in [5, 5.41) is 9.12. The van der Waals surface area contributed by atoms with Gasteiger partial charge in [-0.3, -0.25) is 4.79 Å². The second-order valence-corrected chi connectivity index (χ2v) is 2.69. The molecule has 0 aromatic carbocycles. The maximum absolute atomic E-state index is 10.9. The van der Waals surface area contributed by atoms with Crippen molar-refractivity contribution in [2.75, 3.05) is 7.11 Å². The van der Waals surface area contributed by atoms with E-state index in [1.807, 2.05) is 0 Å². The largest absolute Gasteiger partial charge is 0.466 e. The molecule has 0 saturated carbocycles. The smallest absolute Gasteiger partial charge is 0.333 e. The molecule has 1 aliphatic rings. The topological polar surface area (TPSA) is 63.6 Å². The van der Waals surface area contributed by atoms with Crippen LogP contribution in [0, 0.1) is 0 Å². The number of ketones is 1. The highest BCUT2D eigenvalue weighted by Crippen LogP contribution is 2.16. The summed E-state index contributed by atoms with van der Waals surface area (Å²) in [7, 11) is 1.24. The standard InChI is InChI=1S/C8H10O4/c1-12-8(11)5-2-6(9)4-7(10)3-5/h2,7,10H,3-4H2,1H3/t7-/m1/s1. The first-order valence-electron chi connectivity index (χ1n) is 3.63. The zero-order valence-corrected chi connectivity index (χ0v) is 6.74. The van der Waals surface area contributed by atoms with Gasteiger partial charge in [0.25, 0.3) is 0 Å². The van der Waals surface area contributed by atoms with Gasteiger partial charge in [-0.1, -0.05) is 0 Å². The molecule has 66 valence electrons. The van der Waals surface area contributed by atoms with Crippen molar-refractivity contribution in [2.45, 2.75) is 18.9 Å². The zero-order chi connectivity index (χ0) is 9.14. The molecule has 1 N–H and O–H groups in total. The Morgan fingerprint density at radius 1 is 1.67 bits per heavy atom. The van der Waals surface area contributed by atoms with Crippen LogP contribution in [0.5, 0.6) is 0 Å². The fraction of sp³-hybridized carbons (Fsp3) is 0.500. The Morgan fingerprint density at radius 2 is 2.33 bits per heavy atom. The van der Waals surface area contributed by atoms with E-state index < -0.39 is 12.1 Å². The van der Waals surface area contributed by atoms with Gasteiger partial charge in [-0.05, 0) is 6.08 Å². The number of ether oxygens (including phenoxy) is 1. The number of rotatable bonds is 1. The van der Waals surface area contributed by atoms with Crippen LogP contribution in [0.4, 0.5) is 0 Å². The van der Waals surface area contributed by atoms with Crippen LogP contribution in [-0.2, 0) is 14.3 Å². The molecule has 0 saturated heterocycles. The number of carbonyl (C=O) groups is 2. The Kier molecular flexibility index (Phi) is 2.60. The van der Waals surface area contributed by atoms with Crippen LogP contribution in [0.15, 0.2) is 11.6 Å². The first-order valence-corrected chi connectivity index (χ1v) is 3.63. The van der Waals surface area contributed by atoms with Crippen LogP contribution in [0.1, 0.15) is 12.8 Å². The van der Waals surface area contributed by atoms with Crippen molar-refractivity contribution < 1.29 is 19.4 Å². The van der Waals surface area contributed by atoms with E-state index in [1.165, 1.54) is 13.2 Å². The van der Waals surface area contributed by atoms with Crippen molar-refractivity contribution >= 4 is 11.8 Å². The Labute approximate surface area is 69.8 Å². The molecule has 0 bridgehead atoms. The Hall–Kier alpha value is -1.16. The molecule has 1 rings (SSSR count). The van der Waals surface area contributed by atoms with E-state index in [0.29, 0.717) is 0 Å². The number of aliphatic hydroxyl groups is 1. The minimum absolute atomic E-state index is 0.0977. The average Bonchev–Trinajstić information content (AvgIpc) is 2.01. The molecule has 1 aliphatic carbocycles. The van der Waals surface area contributed by atoms with Gasteiger partial charge in [0, 0.05) is 18.4 Å². The van der Waals surface area contributed by atoms with Gasteiger partial charge in [0.1, 0.15) is 0 Å². The maximum atomic E-state index is 10.9. The lowest BCUT2D eigenvalue weighted by Crippen LogP contribution is -2.22. The molecule has 0 aromatic rings. The van der Waals surface area contributed by atoms with E-state index in [2.05, 4.69) is 4.74 Å². The van der Waals surface area contributed by atoms with Gasteiger partial charge in [-0.15, -0.1) is 0 Å². The molecule has 0 heterocycles. The Balaban J connectivity index is 2.76. The molecule has 4 nitrogen and oxygen atoms in total. The van der Waals surface area contributed by atoms with Crippen LogP contribution >= 0.6 is 0 Å². The van der Waals surface area contributed by atoms with Gasteiger partial charge >= 0.3 is 5.97 Å². The molecule has 0 radical (unpaired) electrons. The van der Waals surface area contributed by atoms with E-state index in [1.54, 1.807) is 0 Å². The Bertz CT molecular complexity index is 241. The van der Waals surface area contributed by atoms with Gasteiger partial charge in [0.15, 0.2) is 5.78 Å². The minimum atomic E-state index is -0.739. The van der Waals surface area contributed by atoms with Crippen molar-refractivity contribution in [3.05, 3.63) is 11.6 Å². The van der Waals surface area contributed by atoms with Gasteiger partial charge < -0.3 is 9.84 Å². The lowest BCUT2D eigenvalue weighted by Gasteiger charge is -2.15. The van der Waals surface area contributed by atoms with Crippen LogP contribution in [0.25, 0.3) is 0 Å². The average molecular weight is 170 g/mol. The molecule has 0 unspecified atom stereocenters. The van der Waals surface area contributed by atoms with Crippen molar-refractivity contribution in [3.63, 3.8) is 0 Å². The molecule has 0 spiro atoms. The molecule has 12 heavy (non-hydrogen) atoms. The third kappa shape index (κ3) is 1.92. The normalized spacial score (nSPS) is 23.3. The Morgan fingerprint density at radius 3 is 2.83 bits per heavy atom. The summed E-state index contributed by atoms with van der Waals surface area (Å²) in [5.41, 5.74) is 0.251. The molecular formula is C8H10O4. The summed E-state index contributed by atoms with van der Waals surface area (Å²) >= 11 is 0. The quantitative estimate of drug-likeness (QED) is 0.554. The van der Waals surface area contributed by atoms with Gasteiger partial charge in [-0.25, -0.2) is 4.79 Å². The van der Waals surface area contributed by atoms with E-state index in [-0.39, 0.29) is 24.2 Å². The predicted octanol–water partition coefficient (Wildman–Crippen LogP) is -0.190. The van der Waals surface area contributed by atoms with E-state index >= 15 is 0 Å². The molecule has 0 aromatic heterocycles. The van der Waals surface area contributed by atoms with Crippen molar-refractivity contribution in [2.24, 2.45) is 0 Å². The monoisotopic (exact) mass is 170 g/mol. The van der Waals surface area contributed by atoms with E-state index in [9.17, 15) is 9.59 Å². The zero-order valence-electron chi connectivity index (χ0n) is 6.74. The van der Waals surface area contributed by atoms with E-state index in [4.69, 9.17) is 5.11 Å². The third-order valence-electron chi connectivity index (χ3n) is 1.68. The number of methoxy groups -OCH3 is 1. The molecule has 0 amide bonds. The number of hydrogen-bond acceptors (Lipinski definition) is 4. The summed E-state index contributed by atoms with van der Waals surface area (Å²) < 4.78 is 4.42. The van der Waals surface area contributed by atoms with Crippen molar-refractivity contribution in [1.29, 1.82) is 0 Å². The number of esters is 1. The van der Waals surface area contributed by atoms with Crippen LogP contribution < -0.4 is 0 Å². The summed E-state index contributed by atoms with van der Waals surface area (Å²) in [6.07, 6.45) is 0.800. The minimum Gasteiger partial charge on any atom is -0.466 e. The summed E-state index contributed by atoms with van der Waals surface area (Å²) in [6.45, 7) is 0. The SMILES string of the molecule is COC(=O)C1=CC(=O)C[C@H](O)C1. The highest BCUT2D eigenvalue weighted by Gasteiger charge is 2.22. The predicted molar refractivity (Wildman–Crippen MR) is 40.3 cm³/mol. The maximum Gasteiger partial charge on any atom is 0.333 e. The fourth-order valence-corrected chi connectivity index (χ4v) is 1.14. The van der Waals surface area contributed by atoms with Crippen LogP contribution in [0.2, 0.25) is 0 Å². The summed E-state index contributed by atoms with van der Waals surface area (Å²) in [4.78, 5) is 21.8. The molecule has 0 aliphatic heterocycles. The highest BCUT2D eigenvalue weighted by atomic mass is 16.5. The molecule has 0 fully saturated rings. The third-order valence-corrected chi connectivity index (χ3v) is 1.68. The lowest BCUT2D eigenvalue weighted by molar-refractivity contribution is -0.137. The first kappa shape index (κ1) is 8.93. The highest BCUT2D eigenvalue weighted by molar-refractivity contribution is 6.01. The number of allylic oxidation sites excluding steroid dienone is 1. The summed E-state index contributed by atoms with van der Waals surface area (Å²) in [6, 6.07) is 0. The summed E-state index contributed by atoms with van der Waals surface area (Å²) in [5.74, 6) is -0.767. The van der Waals surface area contributed by atoms with Crippen LogP contribution in [0.3, 0.4) is 0 Å². The number of aliphatic hydroxyl groups excluding tert-OH is 1. The van der Waals surface area contributed by atoms with Gasteiger partial charge in [0.05, 0.1) is 13.2 Å². The fourth-order valence-electron chi connectivity index (χ4n) is 1.14. The van der Waals surface area contributed by atoms with Crippen molar-refractivity contribution in [1.82, 2.24) is 0 Å². The lowest BCUT2D eigenvalue weighted by atomic mass is 9.96. The van der Waals surface area contributed by atoms with Gasteiger partial charge in [0.2, 0.25) is 0 Å². The molecule has 1 atom stereocenters. The van der Waals surface area contributed by atoms with Crippen LogP contribution in [-0.4, -0.2) is 30.1 Å². The number of carbonyl (C=O) groups excluding carboxylic acids is 2. The van der Waals surface area contributed by atoms with E-state index in [0.717, 1.165) is 0 Å². The number of hydrogen-bond donors (Lipinski definition) is 1. The first-order chi connectivity index (χ1) is 5.63. The van der Waals surface area contributed by atoms with Crippen molar-refractivity contribution in [3.8, 4) is 0 Å². The second-order valence-electron chi connectivity index (χ2n) is 2.69. The second kappa shape index (κ2) is 3.49. The van der Waals surface area contributed by atoms with Gasteiger partial charge in [-0.2, -0.15) is 0 Å². The molecule has 4 heteroatoms.